The Hall–Kier alpha value is -1.95. The molecule has 0 aliphatic rings. The SMILES string of the molecule is CNc1cccc(Nc2ccc(C(F)(F)F)cc2Cl)n1. The molecule has 0 amide bonds. The Bertz CT molecular complexity index is 614. The minimum Gasteiger partial charge on any atom is -0.373 e. The molecule has 0 saturated carbocycles. The monoisotopic (exact) mass is 301 g/mol. The lowest BCUT2D eigenvalue weighted by atomic mass is 10.2. The van der Waals surface area contributed by atoms with E-state index in [2.05, 4.69) is 15.6 Å². The molecule has 0 radical (unpaired) electrons. The summed E-state index contributed by atoms with van der Waals surface area (Å²) < 4.78 is 37.6. The highest BCUT2D eigenvalue weighted by molar-refractivity contribution is 6.33. The van der Waals surface area contributed by atoms with Gasteiger partial charge in [0.2, 0.25) is 0 Å². The Morgan fingerprint density at radius 1 is 1.10 bits per heavy atom. The highest BCUT2D eigenvalue weighted by Crippen LogP contribution is 2.34. The fraction of sp³-hybridized carbons (Fsp3) is 0.154. The van der Waals surface area contributed by atoms with E-state index in [1.54, 1.807) is 25.2 Å². The maximum atomic E-state index is 12.5. The fourth-order valence-corrected chi connectivity index (χ4v) is 1.80. The molecule has 7 heteroatoms. The average molecular weight is 302 g/mol. The third-order valence-corrected chi connectivity index (χ3v) is 2.88. The topological polar surface area (TPSA) is 37.0 Å². The normalized spacial score (nSPS) is 11.2. The van der Waals surface area contributed by atoms with Crippen LogP contribution in [-0.2, 0) is 6.18 Å². The molecule has 1 heterocycles. The van der Waals surface area contributed by atoms with Crippen molar-refractivity contribution < 1.29 is 13.2 Å². The van der Waals surface area contributed by atoms with Crippen molar-refractivity contribution in [2.45, 2.75) is 6.18 Å². The number of aromatic nitrogens is 1. The lowest BCUT2D eigenvalue weighted by Crippen LogP contribution is -2.05. The van der Waals surface area contributed by atoms with Crippen LogP contribution in [0.1, 0.15) is 5.56 Å². The molecule has 3 nitrogen and oxygen atoms in total. The van der Waals surface area contributed by atoms with Crippen LogP contribution in [0.4, 0.5) is 30.5 Å². The Balaban J connectivity index is 2.25. The molecule has 0 spiro atoms. The first kappa shape index (κ1) is 14.5. The molecule has 2 rings (SSSR count). The van der Waals surface area contributed by atoms with Crippen molar-refractivity contribution in [3.05, 3.63) is 47.0 Å². The van der Waals surface area contributed by atoms with Gasteiger partial charge in [0.25, 0.3) is 0 Å². The number of hydrogen-bond donors (Lipinski definition) is 2. The molecule has 0 atom stereocenters. The first-order valence-corrected chi connectivity index (χ1v) is 6.06. The molecular formula is C13H11ClF3N3. The van der Waals surface area contributed by atoms with Crippen LogP contribution in [0.5, 0.6) is 0 Å². The van der Waals surface area contributed by atoms with Crippen molar-refractivity contribution in [3.63, 3.8) is 0 Å². The van der Waals surface area contributed by atoms with Gasteiger partial charge in [0.15, 0.2) is 0 Å². The number of nitrogens with zero attached hydrogens (tertiary/aromatic N) is 1. The van der Waals surface area contributed by atoms with Crippen LogP contribution >= 0.6 is 11.6 Å². The molecular weight excluding hydrogens is 291 g/mol. The first-order valence-electron chi connectivity index (χ1n) is 5.69. The van der Waals surface area contributed by atoms with E-state index in [0.29, 0.717) is 17.3 Å². The number of pyridine rings is 1. The summed E-state index contributed by atoms with van der Waals surface area (Å²) in [6.45, 7) is 0. The lowest BCUT2D eigenvalue weighted by Gasteiger charge is -2.11. The second-order valence-electron chi connectivity index (χ2n) is 3.98. The van der Waals surface area contributed by atoms with Crippen molar-refractivity contribution >= 4 is 28.9 Å². The van der Waals surface area contributed by atoms with Gasteiger partial charge in [0, 0.05) is 7.05 Å². The molecule has 0 saturated heterocycles. The van der Waals surface area contributed by atoms with Gasteiger partial charge in [0.1, 0.15) is 11.6 Å². The van der Waals surface area contributed by atoms with Crippen LogP contribution in [0.3, 0.4) is 0 Å². The Labute approximate surface area is 118 Å². The van der Waals surface area contributed by atoms with Gasteiger partial charge in [-0.15, -0.1) is 0 Å². The predicted molar refractivity (Wildman–Crippen MR) is 73.5 cm³/mol. The molecule has 0 aliphatic carbocycles. The average Bonchev–Trinajstić information content (AvgIpc) is 2.40. The van der Waals surface area contributed by atoms with Gasteiger partial charge >= 0.3 is 6.18 Å². The second kappa shape index (κ2) is 5.58. The summed E-state index contributed by atoms with van der Waals surface area (Å²) in [5.74, 6) is 1.12. The summed E-state index contributed by atoms with van der Waals surface area (Å²) in [7, 11) is 1.72. The van der Waals surface area contributed by atoms with E-state index in [1.165, 1.54) is 6.07 Å². The lowest BCUT2D eigenvalue weighted by molar-refractivity contribution is -0.137. The number of halogens is 4. The zero-order valence-corrected chi connectivity index (χ0v) is 11.2. The predicted octanol–water partition coefficient (Wildman–Crippen LogP) is 4.54. The molecule has 2 N–H and O–H groups in total. The van der Waals surface area contributed by atoms with Gasteiger partial charge in [0.05, 0.1) is 16.3 Å². The van der Waals surface area contributed by atoms with Gasteiger partial charge in [-0.2, -0.15) is 13.2 Å². The minimum absolute atomic E-state index is 0.0171. The summed E-state index contributed by atoms with van der Waals surface area (Å²) >= 11 is 5.85. The molecule has 1 aromatic heterocycles. The summed E-state index contributed by atoms with van der Waals surface area (Å²) in [6, 6.07) is 8.34. The van der Waals surface area contributed by atoms with Crippen molar-refractivity contribution in [2.24, 2.45) is 0 Å². The summed E-state index contributed by atoms with van der Waals surface area (Å²) in [6.07, 6.45) is -4.41. The molecule has 106 valence electrons. The van der Waals surface area contributed by atoms with Gasteiger partial charge in [-0.05, 0) is 30.3 Å². The van der Waals surface area contributed by atoms with E-state index >= 15 is 0 Å². The van der Waals surface area contributed by atoms with Crippen LogP contribution in [0.25, 0.3) is 0 Å². The Kier molecular flexibility index (Phi) is 4.04. The second-order valence-corrected chi connectivity index (χ2v) is 4.38. The summed E-state index contributed by atoms with van der Waals surface area (Å²) in [5.41, 5.74) is -0.426. The number of rotatable bonds is 3. The highest BCUT2D eigenvalue weighted by Gasteiger charge is 2.30. The van der Waals surface area contributed by atoms with Crippen molar-refractivity contribution in [1.82, 2.24) is 4.98 Å². The van der Waals surface area contributed by atoms with Gasteiger partial charge in [-0.25, -0.2) is 4.98 Å². The molecule has 0 aliphatic heterocycles. The molecule has 2 aromatic rings. The van der Waals surface area contributed by atoms with Crippen LogP contribution in [0.15, 0.2) is 36.4 Å². The van der Waals surface area contributed by atoms with Crippen LogP contribution < -0.4 is 10.6 Å². The smallest absolute Gasteiger partial charge is 0.373 e. The van der Waals surface area contributed by atoms with E-state index in [0.717, 1.165) is 12.1 Å². The molecule has 0 unspecified atom stereocenters. The standard InChI is InChI=1S/C13H11ClF3N3/c1-18-11-3-2-4-12(20-11)19-10-6-5-8(7-9(10)14)13(15,16)17/h2-7H,1H3,(H2,18,19,20). The number of hydrogen-bond acceptors (Lipinski definition) is 3. The number of nitrogens with one attached hydrogen (secondary N) is 2. The third-order valence-electron chi connectivity index (χ3n) is 2.56. The molecule has 0 bridgehead atoms. The largest absolute Gasteiger partial charge is 0.416 e. The summed E-state index contributed by atoms with van der Waals surface area (Å²) in [5, 5.41) is 5.72. The quantitative estimate of drug-likeness (QED) is 0.874. The van der Waals surface area contributed by atoms with E-state index in [9.17, 15) is 13.2 Å². The van der Waals surface area contributed by atoms with Gasteiger partial charge in [-0.1, -0.05) is 17.7 Å². The molecule has 0 fully saturated rings. The molecule has 1 aromatic carbocycles. The van der Waals surface area contributed by atoms with Crippen molar-refractivity contribution in [1.29, 1.82) is 0 Å². The maximum absolute atomic E-state index is 12.5. The number of alkyl halides is 3. The Morgan fingerprint density at radius 2 is 1.80 bits per heavy atom. The first-order chi connectivity index (χ1) is 9.40. The summed E-state index contributed by atoms with van der Waals surface area (Å²) in [4.78, 5) is 4.20. The van der Waals surface area contributed by atoms with Crippen LogP contribution in [0.2, 0.25) is 5.02 Å². The van der Waals surface area contributed by atoms with Gasteiger partial charge in [-0.3, -0.25) is 0 Å². The van der Waals surface area contributed by atoms with E-state index in [-0.39, 0.29) is 5.02 Å². The van der Waals surface area contributed by atoms with Crippen molar-refractivity contribution in [2.75, 3.05) is 17.7 Å². The van der Waals surface area contributed by atoms with E-state index in [1.807, 2.05) is 0 Å². The number of anilines is 3. The maximum Gasteiger partial charge on any atom is 0.416 e. The number of benzene rings is 1. The Morgan fingerprint density at radius 3 is 2.40 bits per heavy atom. The van der Waals surface area contributed by atoms with Crippen LogP contribution in [-0.4, -0.2) is 12.0 Å². The zero-order chi connectivity index (χ0) is 14.8. The fourth-order valence-electron chi connectivity index (χ4n) is 1.57. The third kappa shape index (κ3) is 3.33. The van der Waals surface area contributed by atoms with Gasteiger partial charge < -0.3 is 10.6 Å². The van der Waals surface area contributed by atoms with Crippen molar-refractivity contribution in [3.8, 4) is 0 Å². The van der Waals surface area contributed by atoms with Crippen LogP contribution in [0, 0.1) is 0 Å². The zero-order valence-electron chi connectivity index (χ0n) is 10.4. The van der Waals surface area contributed by atoms with E-state index < -0.39 is 11.7 Å². The minimum atomic E-state index is -4.41. The van der Waals surface area contributed by atoms with E-state index in [4.69, 9.17) is 11.6 Å². The highest BCUT2D eigenvalue weighted by atomic mass is 35.5. The molecule has 20 heavy (non-hydrogen) atoms.